The van der Waals surface area contributed by atoms with Gasteiger partial charge in [0, 0.05) is 37.2 Å². The molecule has 2 aromatic rings. The topological polar surface area (TPSA) is 42.7 Å². The summed E-state index contributed by atoms with van der Waals surface area (Å²) in [4.78, 5) is 4.00. The molecule has 0 fully saturated rings. The first-order chi connectivity index (χ1) is 9.02. The molecule has 0 bridgehead atoms. The zero-order chi connectivity index (χ0) is 14.0. The average molecular weight is 270 g/mol. The maximum atomic E-state index is 13.7. The number of aryl methyl sites for hydroxylation is 1. The van der Waals surface area contributed by atoms with Crippen LogP contribution in [0.25, 0.3) is 0 Å². The van der Waals surface area contributed by atoms with Crippen LogP contribution in [-0.2, 0) is 13.5 Å². The van der Waals surface area contributed by atoms with Gasteiger partial charge < -0.3 is 5.32 Å². The van der Waals surface area contributed by atoms with Crippen LogP contribution in [0.1, 0.15) is 17.4 Å². The van der Waals surface area contributed by atoms with Crippen LogP contribution < -0.4 is 5.32 Å². The van der Waals surface area contributed by atoms with Gasteiger partial charge in [-0.15, -0.1) is 0 Å². The summed E-state index contributed by atoms with van der Waals surface area (Å²) in [5.74, 6) is -2.20. The number of hydrogen-bond donors (Lipinski definition) is 1. The minimum atomic E-state index is -0.938. The Morgan fingerprint density at radius 3 is 2.37 bits per heavy atom. The van der Waals surface area contributed by atoms with Crippen molar-refractivity contribution in [3.63, 3.8) is 0 Å². The number of aromatic nitrogens is 3. The third-order valence-corrected chi connectivity index (χ3v) is 2.93. The van der Waals surface area contributed by atoms with E-state index in [0.29, 0.717) is 18.0 Å². The van der Waals surface area contributed by atoms with E-state index in [4.69, 9.17) is 0 Å². The number of benzene rings is 1. The Labute approximate surface area is 108 Å². The second-order valence-electron chi connectivity index (χ2n) is 4.13. The third kappa shape index (κ3) is 2.76. The molecule has 1 unspecified atom stereocenters. The zero-order valence-corrected chi connectivity index (χ0v) is 10.5. The molecule has 102 valence electrons. The van der Waals surface area contributed by atoms with Crippen molar-refractivity contribution < 1.29 is 13.2 Å². The van der Waals surface area contributed by atoms with E-state index in [1.807, 2.05) is 0 Å². The predicted octanol–water partition coefficient (Wildman–Crippen LogP) is 1.74. The Kier molecular flexibility index (Phi) is 3.84. The maximum absolute atomic E-state index is 13.7. The molecule has 1 heterocycles. The Balaban J connectivity index is 2.35. The molecule has 0 amide bonds. The van der Waals surface area contributed by atoms with Gasteiger partial charge in [-0.25, -0.2) is 18.2 Å². The second kappa shape index (κ2) is 5.40. The molecule has 1 aromatic heterocycles. The van der Waals surface area contributed by atoms with Gasteiger partial charge in [0.25, 0.3) is 0 Å². The van der Waals surface area contributed by atoms with Crippen molar-refractivity contribution in [3.05, 3.63) is 47.3 Å². The highest BCUT2D eigenvalue weighted by Gasteiger charge is 2.22. The van der Waals surface area contributed by atoms with E-state index in [0.717, 1.165) is 0 Å². The number of rotatable bonds is 4. The summed E-state index contributed by atoms with van der Waals surface area (Å²) in [6, 6.07) is 0.683. The van der Waals surface area contributed by atoms with Crippen LogP contribution in [0.3, 0.4) is 0 Å². The molecule has 1 atom stereocenters. The number of nitrogens with zero attached hydrogens (tertiary/aromatic N) is 3. The molecule has 4 nitrogen and oxygen atoms in total. The maximum Gasteiger partial charge on any atom is 0.138 e. The highest BCUT2D eigenvalue weighted by atomic mass is 19.1. The van der Waals surface area contributed by atoms with Gasteiger partial charge in [0.2, 0.25) is 0 Å². The SMILES string of the molecule is CNC(Cc1ncnn1C)c1c(F)cc(F)cc1F. The fourth-order valence-corrected chi connectivity index (χ4v) is 1.92. The van der Waals surface area contributed by atoms with E-state index in [9.17, 15) is 13.2 Å². The monoisotopic (exact) mass is 270 g/mol. The van der Waals surface area contributed by atoms with E-state index in [1.165, 1.54) is 11.0 Å². The standard InChI is InChI=1S/C12H13F3N4/c1-16-10(5-11-17-6-18-19(11)2)12-8(14)3-7(13)4-9(12)15/h3-4,6,10,16H,5H2,1-2H3. The average Bonchev–Trinajstić information content (AvgIpc) is 2.72. The van der Waals surface area contributed by atoms with E-state index >= 15 is 0 Å². The lowest BCUT2D eigenvalue weighted by Crippen LogP contribution is -2.23. The first kappa shape index (κ1) is 13.5. The quantitative estimate of drug-likeness (QED) is 0.920. The minimum absolute atomic E-state index is 0.202. The van der Waals surface area contributed by atoms with Crippen molar-refractivity contribution in [2.75, 3.05) is 7.05 Å². The van der Waals surface area contributed by atoms with Crippen LogP contribution in [0.4, 0.5) is 13.2 Å². The molecule has 2 rings (SSSR count). The van der Waals surface area contributed by atoms with E-state index < -0.39 is 23.5 Å². The summed E-state index contributed by atoms with van der Waals surface area (Å²) in [5.41, 5.74) is -0.202. The summed E-state index contributed by atoms with van der Waals surface area (Å²) in [6.07, 6.45) is 1.60. The lowest BCUT2D eigenvalue weighted by molar-refractivity contribution is 0.466. The molecule has 0 spiro atoms. The minimum Gasteiger partial charge on any atom is -0.312 e. The van der Waals surface area contributed by atoms with Crippen LogP contribution in [0.5, 0.6) is 0 Å². The van der Waals surface area contributed by atoms with E-state index in [2.05, 4.69) is 15.4 Å². The first-order valence-electron chi connectivity index (χ1n) is 5.67. The van der Waals surface area contributed by atoms with Gasteiger partial charge in [-0.2, -0.15) is 5.10 Å². The number of nitrogens with one attached hydrogen (secondary N) is 1. The Bertz CT molecular complexity index is 559. The third-order valence-electron chi connectivity index (χ3n) is 2.93. The highest BCUT2D eigenvalue weighted by molar-refractivity contribution is 5.25. The van der Waals surface area contributed by atoms with Crippen LogP contribution in [0, 0.1) is 17.5 Å². The van der Waals surface area contributed by atoms with Gasteiger partial charge in [-0.05, 0) is 7.05 Å². The number of halogens is 3. The van der Waals surface area contributed by atoms with Crippen LogP contribution in [-0.4, -0.2) is 21.8 Å². The molecule has 0 radical (unpaired) electrons. The predicted molar refractivity (Wildman–Crippen MR) is 62.8 cm³/mol. The summed E-state index contributed by atoms with van der Waals surface area (Å²) in [5, 5.41) is 6.69. The fraction of sp³-hybridized carbons (Fsp3) is 0.333. The van der Waals surface area contributed by atoms with Gasteiger partial charge >= 0.3 is 0 Å². The Hall–Kier alpha value is -1.89. The lowest BCUT2D eigenvalue weighted by Gasteiger charge is -2.17. The van der Waals surface area contributed by atoms with Gasteiger partial charge in [-0.3, -0.25) is 4.68 Å². The molecular formula is C12H13F3N4. The van der Waals surface area contributed by atoms with Gasteiger partial charge in [0.1, 0.15) is 29.6 Å². The molecule has 1 N–H and O–H groups in total. The Morgan fingerprint density at radius 2 is 1.89 bits per heavy atom. The van der Waals surface area contributed by atoms with E-state index in [-0.39, 0.29) is 12.0 Å². The van der Waals surface area contributed by atoms with Gasteiger partial charge in [0.05, 0.1) is 0 Å². The van der Waals surface area contributed by atoms with Crippen molar-refractivity contribution in [2.24, 2.45) is 7.05 Å². The molecule has 0 saturated heterocycles. The van der Waals surface area contributed by atoms with Crippen molar-refractivity contribution in [1.82, 2.24) is 20.1 Å². The van der Waals surface area contributed by atoms with E-state index in [1.54, 1.807) is 14.1 Å². The summed E-state index contributed by atoms with van der Waals surface area (Å²) >= 11 is 0. The normalized spacial score (nSPS) is 12.7. The fourth-order valence-electron chi connectivity index (χ4n) is 1.92. The molecule has 0 aliphatic heterocycles. The molecule has 0 aliphatic carbocycles. The lowest BCUT2D eigenvalue weighted by atomic mass is 10.0. The largest absolute Gasteiger partial charge is 0.312 e. The number of likely N-dealkylation sites (N-methyl/N-ethyl adjacent to an activating group) is 1. The number of hydrogen-bond acceptors (Lipinski definition) is 3. The highest BCUT2D eigenvalue weighted by Crippen LogP contribution is 2.24. The van der Waals surface area contributed by atoms with Crippen LogP contribution in [0.2, 0.25) is 0 Å². The van der Waals surface area contributed by atoms with Crippen molar-refractivity contribution in [2.45, 2.75) is 12.5 Å². The molecule has 1 aromatic carbocycles. The molecule has 0 aliphatic rings. The van der Waals surface area contributed by atoms with Gasteiger partial charge in [0.15, 0.2) is 0 Å². The molecule has 19 heavy (non-hydrogen) atoms. The zero-order valence-electron chi connectivity index (χ0n) is 10.5. The van der Waals surface area contributed by atoms with Crippen molar-refractivity contribution in [1.29, 1.82) is 0 Å². The molecule has 7 heteroatoms. The smallest absolute Gasteiger partial charge is 0.138 e. The molecule has 0 saturated carbocycles. The summed E-state index contributed by atoms with van der Waals surface area (Å²) in [6.45, 7) is 0. The second-order valence-corrected chi connectivity index (χ2v) is 4.13. The Morgan fingerprint density at radius 1 is 1.26 bits per heavy atom. The van der Waals surface area contributed by atoms with Gasteiger partial charge in [-0.1, -0.05) is 0 Å². The summed E-state index contributed by atoms with van der Waals surface area (Å²) in [7, 11) is 3.26. The summed E-state index contributed by atoms with van der Waals surface area (Å²) < 4.78 is 41.8. The van der Waals surface area contributed by atoms with Crippen LogP contribution >= 0.6 is 0 Å². The molecular weight excluding hydrogens is 257 g/mol. The first-order valence-corrected chi connectivity index (χ1v) is 5.67. The van der Waals surface area contributed by atoms with Crippen molar-refractivity contribution >= 4 is 0 Å². The van der Waals surface area contributed by atoms with Crippen LogP contribution in [0.15, 0.2) is 18.5 Å². The van der Waals surface area contributed by atoms with Crippen molar-refractivity contribution in [3.8, 4) is 0 Å².